The average Bonchev–Trinajstić information content (AvgIpc) is 2.78. The molecule has 1 N–H and O–H groups in total. The van der Waals surface area contributed by atoms with Crippen molar-refractivity contribution in [2.24, 2.45) is 0 Å². The summed E-state index contributed by atoms with van der Waals surface area (Å²) in [5.41, 5.74) is 2.58. The van der Waals surface area contributed by atoms with Crippen LogP contribution in [0.15, 0.2) is 47.1 Å². The number of rotatable bonds is 6. The normalized spacial score (nSPS) is 11.1. The molecule has 2 rings (SSSR count). The molecule has 3 nitrogen and oxygen atoms in total. The van der Waals surface area contributed by atoms with Crippen LogP contribution < -0.4 is 5.32 Å². The summed E-state index contributed by atoms with van der Waals surface area (Å²) in [5, 5.41) is 3.12. The van der Waals surface area contributed by atoms with Crippen molar-refractivity contribution in [2.75, 3.05) is 14.1 Å². The highest BCUT2D eigenvalue weighted by Crippen LogP contribution is 2.14. The summed E-state index contributed by atoms with van der Waals surface area (Å²) in [5.74, 6) is 1.03. The number of hydrogen-bond acceptors (Lipinski definition) is 3. The average molecular weight is 244 g/mol. The second-order valence-electron chi connectivity index (χ2n) is 4.56. The predicted molar refractivity (Wildman–Crippen MR) is 73.1 cm³/mol. The number of hydrogen-bond donors (Lipinski definition) is 1. The summed E-state index contributed by atoms with van der Waals surface area (Å²) in [6.45, 7) is 2.63. The molecule has 0 amide bonds. The van der Waals surface area contributed by atoms with Crippen molar-refractivity contribution in [3.05, 3.63) is 59.5 Å². The fourth-order valence-corrected chi connectivity index (χ4v) is 2.07. The molecule has 1 aromatic carbocycles. The first-order valence-electron chi connectivity index (χ1n) is 6.22. The number of furan rings is 1. The van der Waals surface area contributed by atoms with Gasteiger partial charge in [0.15, 0.2) is 0 Å². The van der Waals surface area contributed by atoms with Crippen molar-refractivity contribution in [1.82, 2.24) is 10.2 Å². The standard InChI is InChI=1S/C15H20N2O/c1-16-10-15-14(8-9-18-15)12-17(2)11-13-6-4-3-5-7-13/h3-9,16H,10-12H2,1-2H3. The van der Waals surface area contributed by atoms with E-state index in [1.54, 1.807) is 6.26 Å². The van der Waals surface area contributed by atoms with Crippen LogP contribution in [0.2, 0.25) is 0 Å². The molecule has 0 aliphatic rings. The van der Waals surface area contributed by atoms with Gasteiger partial charge in [0, 0.05) is 18.7 Å². The largest absolute Gasteiger partial charge is 0.468 e. The lowest BCUT2D eigenvalue weighted by molar-refractivity contribution is 0.315. The van der Waals surface area contributed by atoms with Crippen LogP contribution >= 0.6 is 0 Å². The first-order valence-corrected chi connectivity index (χ1v) is 6.22. The molecule has 0 bridgehead atoms. The first-order chi connectivity index (χ1) is 8.79. The minimum atomic E-state index is 0.779. The number of nitrogens with zero attached hydrogens (tertiary/aromatic N) is 1. The molecule has 96 valence electrons. The Morgan fingerprint density at radius 3 is 2.61 bits per heavy atom. The number of nitrogens with one attached hydrogen (secondary N) is 1. The quantitative estimate of drug-likeness (QED) is 0.846. The van der Waals surface area contributed by atoms with Gasteiger partial charge >= 0.3 is 0 Å². The smallest absolute Gasteiger partial charge is 0.122 e. The van der Waals surface area contributed by atoms with Gasteiger partial charge in [-0.25, -0.2) is 0 Å². The number of benzene rings is 1. The Bertz CT molecular complexity index is 464. The summed E-state index contributed by atoms with van der Waals surface area (Å²) in [6, 6.07) is 12.6. The Morgan fingerprint density at radius 2 is 1.89 bits per heavy atom. The summed E-state index contributed by atoms with van der Waals surface area (Å²) >= 11 is 0. The van der Waals surface area contributed by atoms with Crippen LogP contribution in [-0.2, 0) is 19.6 Å². The minimum absolute atomic E-state index is 0.779. The van der Waals surface area contributed by atoms with E-state index in [0.29, 0.717) is 0 Å². The van der Waals surface area contributed by atoms with E-state index in [2.05, 4.69) is 41.5 Å². The molecule has 0 aliphatic heterocycles. The van der Waals surface area contributed by atoms with Crippen molar-refractivity contribution in [3.63, 3.8) is 0 Å². The van der Waals surface area contributed by atoms with E-state index >= 15 is 0 Å². The molecule has 0 spiro atoms. The molecule has 2 aromatic rings. The molecule has 0 saturated heterocycles. The van der Waals surface area contributed by atoms with Crippen molar-refractivity contribution in [1.29, 1.82) is 0 Å². The van der Waals surface area contributed by atoms with Gasteiger partial charge in [0.2, 0.25) is 0 Å². The third kappa shape index (κ3) is 3.45. The molecule has 1 heterocycles. The summed E-state index contributed by atoms with van der Waals surface area (Å²) in [6.07, 6.45) is 1.76. The van der Waals surface area contributed by atoms with Gasteiger partial charge in [-0.3, -0.25) is 4.90 Å². The third-order valence-electron chi connectivity index (χ3n) is 2.91. The van der Waals surface area contributed by atoms with Crippen LogP contribution in [0.1, 0.15) is 16.9 Å². The molecule has 0 atom stereocenters. The second kappa shape index (κ2) is 6.38. The SMILES string of the molecule is CNCc1occc1CN(C)Cc1ccccc1. The second-order valence-corrected chi connectivity index (χ2v) is 4.56. The molecule has 18 heavy (non-hydrogen) atoms. The highest BCUT2D eigenvalue weighted by Gasteiger charge is 2.08. The van der Waals surface area contributed by atoms with E-state index in [4.69, 9.17) is 4.42 Å². The van der Waals surface area contributed by atoms with Crippen LogP contribution in [-0.4, -0.2) is 19.0 Å². The first kappa shape index (κ1) is 12.9. The van der Waals surface area contributed by atoms with Gasteiger partial charge in [-0.15, -0.1) is 0 Å². The molecule has 0 aliphatic carbocycles. The van der Waals surface area contributed by atoms with Gasteiger partial charge in [-0.05, 0) is 25.7 Å². The fraction of sp³-hybridized carbons (Fsp3) is 0.333. The third-order valence-corrected chi connectivity index (χ3v) is 2.91. The van der Waals surface area contributed by atoms with Gasteiger partial charge in [0.05, 0.1) is 12.8 Å². The van der Waals surface area contributed by atoms with Gasteiger partial charge < -0.3 is 9.73 Å². The Morgan fingerprint density at radius 1 is 1.11 bits per heavy atom. The molecular formula is C15H20N2O. The zero-order valence-corrected chi connectivity index (χ0v) is 11.0. The Hall–Kier alpha value is -1.58. The maximum Gasteiger partial charge on any atom is 0.122 e. The van der Waals surface area contributed by atoms with Gasteiger partial charge in [-0.1, -0.05) is 30.3 Å². The van der Waals surface area contributed by atoms with E-state index in [1.165, 1.54) is 11.1 Å². The maximum absolute atomic E-state index is 5.47. The summed E-state index contributed by atoms with van der Waals surface area (Å²) in [4.78, 5) is 2.29. The van der Waals surface area contributed by atoms with Gasteiger partial charge in [0.25, 0.3) is 0 Å². The monoisotopic (exact) mass is 244 g/mol. The van der Waals surface area contributed by atoms with E-state index in [9.17, 15) is 0 Å². The van der Waals surface area contributed by atoms with Crippen LogP contribution in [0.3, 0.4) is 0 Å². The molecule has 0 fully saturated rings. The molecular weight excluding hydrogens is 224 g/mol. The topological polar surface area (TPSA) is 28.4 Å². The Kier molecular flexibility index (Phi) is 4.56. The van der Waals surface area contributed by atoms with E-state index in [1.807, 2.05) is 19.2 Å². The van der Waals surface area contributed by atoms with Crippen molar-refractivity contribution in [3.8, 4) is 0 Å². The molecule has 0 radical (unpaired) electrons. The Labute approximate surface area is 108 Å². The zero-order chi connectivity index (χ0) is 12.8. The molecule has 0 unspecified atom stereocenters. The van der Waals surface area contributed by atoms with E-state index in [-0.39, 0.29) is 0 Å². The molecule has 0 saturated carbocycles. The fourth-order valence-electron chi connectivity index (χ4n) is 2.07. The van der Waals surface area contributed by atoms with Crippen molar-refractivity contribution in [2.45, 2.75) is 19.6 Å². The lowest BCUT2D eigenvalue weighted by Crippen LogP contribution is -2.18. The summed E-state index contributed by atoms with van der Waals surface area (Å²) < 4.78 is 5.47. The van der Waals surface area contributed by atoms with Crippen LogP contribution in [0.4, 0.5) is 0 Å². The van der Waals surface area contributed by atoms with E-state index < -0.39 is 0 Å². The molecule has 1 aromatic heterocycles. The van der Waals surface area contributed by atoms with Crippen LogP contribution in [0.25, 0.3) is 0 Å². The Balaban J connectivity index is 1.94. The lowest BCUT2D eigenvalue weighted by atomic mass is 10.2. The zero-order valence-electron chi connectivity index (χ0n) is 11.0. The predicted octanol–water partition coefficient (Wildman–Crippen LogP) is 2.63. The highest BCUT2D eigenvalue weighted by molar-refractivity contribution is 5.18. The summed E-state index contributed by atoms with van der Waals surface area (Å²) in [7, 11) is 4.06. The van der Waals surface area contributed by atoms with Crippen LogP contribution in [0, 0.1) is 0 Å². The van der Waals surface area contributed by atoms with Gasteiger partial charge in [0.1, 0.15) is 5.76 Å². The van der Waals surface area contributed by atoms with Crippen LogP contribution in [0.5, 0.6) is 0 Å². The minimum Gasteiger partial charge on any atom is -0.468 e. The van der Waals surface area contributed by atoms with E-state index in [0.717, 1.165) is 25.4 Å². The van der Waals surface area contributed by atoms with Crippen molar-refractivity contribution >= 4 is 0 Å². The lowest BCUT2D eigenvalue weighted by Gasteiger charge is -2.16. The maximum atomic E-state index is 5.47. The molecule has 3 heteroatoms. The van der Waals surface area contributed by atoms with Gasteiger partial charge in [-0.2, -0.15) is 0 Å². The van der Waals surface area contributed by atoms with Crippen molar-refractivity contribution < 1.29 is 4.42 Å². The highest BCUT2D eigenvalue weighted by atomic mass is 16.3.